The lowest BCUT2D eigenvalue weighted by Gasteiger charge is -2.38. The van der Waals surface area contributed by atoms with Gasteiger partial charge in [0, 0.05) is 11.0 Å². The largest absolute Gasteiger partial charge is 0.496 e. The molecule has 18 heavy (non-hydrogen) atoms. The Morgan fingerprint density at radius 2 is 1.61 bits per heavy atom. The van der Waals surface area contributed by atoms with Gasteiger partial charge in [-0.3, -0.25) is 0 Å². The lowest BCUT2D eigenvalue weighted by atomic mass is 9.65. The van der Waals surface area contributed by atoms with Crippen LogP contribution in [0.5, 0.6) is 5.75 Å². The standard InChI is InChI=1S/C17H21O/c1-4-17(5-2,14-10-6-7-11-14)15-12-8-9-13-16(15)18-3/h6-13H,4-5H2,1-3H3. The maximum atomic E-state index is 5.55. The maximum Gasteiger partial charge on any atom is 0.122 e. The van der Waals surface area contributed by atoms with Gasteiger partial charge < -0.3 is 4.74 Å². The van der Waals surface area contributed by atoms with Crippen molar-refractivity contribution in [2.24, 2.45) is 0 Å². The lowest BCUT2D eigenvalue weighted by molar-refractivity contribution is 0.372. The fourth-order valence-electron chi connectivity index (χ4n) is 2.93. The average Bonchev–Trinajstić information content (AvgIpc) is 2.96. The first-order valence-corrected chi connectivity index (χ1v) is 6.64. The molecule has 0 saturated heterocycles. The highest BCUT2D eigenvalue weighted by atomic mass is 16.5. The van der Waals surface area contributed by atoms with Gasteiger partial charge in [-0.05, 0) is 50.5 Å². The number of para-hydroxylation sites is 1. The van der Waals surface area contributed by atoms with E-state index < -0.39 is 0 Å². The van der Waals surface area contributed by atoms with Crippen LogP contribution in [0.3, 0.4) is 0 Å². The van der Waals surface area contributed by atoms with Crippen LogP contribution in [0.4, 0.5) is 0 Å². The van der Waals surface area contributed by atoms with Crippen molar-refractivity contribution in [2.75, 3.05) is 7.11 Å². The molecule has 0 aromatic heterocycles. The number of methoxy groups -OCH3 is 1. The molecule has 0 spiro atoms. The Morgan fingerprint density at radius 1 is 1.00 bits per heavy atom. The van der Waals surface area contributed by atoms with Crippen LogP contribution in [0.15, 0.2) is 24.3 Å². The molecule has 0 bridgehead atoms. The molecule has 0 unspecified atom stereocenters. The van der Waals surface area contributed by atoms with Crippen molar-refractivity contribution in [2.45, 2.75) is 32.1 Å². The van der Waals surface area contributed by atoms with Crippen LogP contribution in [-0.2, 0) is 5.41 Å². The topological polar surface area (TPSA) is 9.23 Å². The molecule has 1 aliphatic rings. The summed E-state index contributed by atoms with van der Waals surface area (Å²) < 4.78 is 5.55. The Hall–Kier alpha value is -0.980. The number of ether oxygens (including phenoxy) is 1. The summed E-state index contributed by atoms with van der Waals surface area (Å²) in [6.45, 7) is 4.51. The predicted molar refractivity (Wildman–Crippen MR) is 75.7 cm³/mol. The molecule has 1 heteroatoms. The normalized spacial score (nSPS) is 17.1. The van der Waals surface area contributed by atoms with Crippen LogP contribution in [0.1, 0.15) is 32.3 Å². The minimum Gasteiger partial charge on any atom is -0.496 e. The minimum atomic E-state index is 0.0656. The van der Waals surface area contributed by atoms with E-state index >= 15 is 0 Å². The van der Waals surface area contributed by atoms with E-state index in [0.717, 1.165) is 18.6 Å². The first-order chi connectivity index (χ1) is 8.78. The molecule has 1 aliphatic carbocycles. The summed E-state index contributed by atoms with van der Waals surface area (Å²) in [7, 11) is 1.75. The fourth-order valence-corrected chi connectivity index (χ4v) is 2.93. The minimum absolute atomic E-state index is 0.0656. The summed E-state index contributed by atoms with van der Waals surface area (Å²) in [6.07, 6.45) is 10.8. The summed E-state index contributed by atoms with van der Waals surface area (Å²) in [5, 5.41) is 0. The molecule has 2 rings (SSSR count). The van der Waals surface area contributed by atoms with Crippen molar-refractivity contribution >= 4 is 0 Å². The maximum absolute atomic E-state index is 5.55. The second-order valence-corrected chi connectivity index (χ2v) is 4.66. The smallest absolute Gasteiger partial charge is 0.122 e. The number of hydrogen-bond donors (Lipinski definition) is 0. The highest BCUT2D eigenvalue weighted by molar-refractivity contribution is 5.52. The van der Waals surface area contributed by atoms with Crippen molar-refractivity contribution in [1.29, 1.82) is 0 Å². The summed E-state index contributed by atoms with van der Waals surface area (Å²) in [6, 6.07) is 8.38. The molecule has 1 aromatic carbocycles. The van der Waals surface area contributed by atoms with Crippen molar-refractivity contribution < 1.29 is 4.74 Å². The fraction of sp³-hybridized carbons (Fsp3) is 0.353. The summed E-state index contributed by atoms with van der Waals surface area (Å²) in [5.74, 6) is 2.37. The van der Waals surface area contributed by atoms with Gasteiger partial charge in [-0.1, -0.05) is 32.0 Å². The quantitative estimate of drug-likeness (QED) is 0.752. The molecule has 1 fully saturated rings. The van der Waals surface area contributed by atoms with Crippen LogP contribution in [-0.4, -0.2) is 7.11 Å². The zero-order valence-electron chi connectivity index (χ0n) is 11.4. The number of hydrogen-bond acceptors (Lipinski definition) is 1. The summed E-state index contributed by atoms with van der Waals surface area (Å²) in [4.78, 5) is 0. The molecule has 1 saturated carbocycles. The molecule has 0 amide bonds. The predicted octanol–water partition coefficient (Wildman–Crippen LogP) is 4.16. The first kappa shape index (κ1) is 13.5. The Labute approximate surface area is 112 Å². The highest BCUT2D eigenvalue weighted by Crippen LogP contribution is 2.49. The van der Waals surface area contributed by atoms with E-state index in [0.29, 0.717) is 0 Å². The second-order valence-electron chi connectivity index (χ2n) is 4.66. The van der Waals surface area contributed by atoms with Crippen molar-refractivity contribution in [1.82, 2.24) is 0 Å². The van der Waals surface area contributed by atoms with Gasteiger partial charge in [0.15, 0.2) is 0 Å². The highest BCUT2D eigenvalue weighted by Gasteiger charge is 2.41. The molecule has 0 atom stereocenters. The number of benzene rings is 1. The third-order valence-electron chi connectivity index (χ3n) is 4.04. The molecule has 0 aliphatic heterocycles. The lowest BCUT2D eigenvalue weighted by Crippen LogP contribution is -2.32. The Balaban J connectivity index is 2.45. The van der Waals surface area contributed by atoms with E-state index in [9.17, 15) is 0 Å². The first-order valence-electron chi connectivity index (χ1n) is 6.64. The average molecular weight is 241 g/mol. The Morgan fingerprint density at radius 3 is 2.17 bits per heavy atom. The van der Waals surface area contributed by atoms with Crippen LogP contribution in [0.2, 0.25) is 0 Å². The van der Waals surface area contributed by atoms with Crippen molar-refractivity contribution in [3.63, 3.8) is 0 Å². The molecule has 95 valence electrons. The van der Waals surface area contributed by atoms with Crippen LogP contribution >= 0.6 is 0 Å². The van der Waals surface area contributed by atoms with Gasteiger partial charge in [0.1, 0.15) is 5.75 Å². The van der Waals surface area contributed by atoms with E-state index in [1.807, 2.05) is 6.07 Å². The van der Waals surface area contributed by atoms with Gasteiger partial charge in [0.25, 0.3) is 0 Å². The monoisotopic (exact) mass is 241 g/mol. The van der Waals surface area contributed by atoms with Crippen LogP contribution < -0.4 is 4.74 Å². The third kappa shape index (κ3) is 2.15. The molecular weight excluding hydrogens is 220 g/mol. The molecule has 1 nitrogen and oxygen atoms in total. The van der Waals surface area contributed by atoms with Crippen molar-refractivity contribution in [3.8, 4) is 5.75 Å². The molecule has 0 N–H and O–H groups in total. The third-order valence-corrected chi connectivity index (χ3v) is 4.04. The molecule has 5 radical (unpaired) electrons. The van der Waals surface area contributed by atoms with Crippen molar-refractivity contribution in [3.05, 3.63) is 61.4 Å². The zero-order chi connectivity index (χ0) is 13.0. The van der Waals surface area contributed by atoms with E-state index in [-0.39, 0.29) is 5.41 Å². The van der Waals surface area contributed by atoms with Gasteiger partial charge in [0.05, 0.1) is 7.11 Å². The van der Waals surface area contributed by atoms with Gasteiger partial charge in [-0.2, -0.15) is 0 Å². The van der Waals surface area contributed by atoms with E-state index in [1.54, 1.807) is 7.11 Å². The Bertz CT molecular complexity index is 373. The van der Waals surface area contributed by atoms with Gasteiger partial charge >= 0.3 is 0 Å². The van der Waals surface area contributed by atoms with Gasteiger partial charge in [0.2, 0.25) is 0 Å². The van der Waals surface area contributed by atoms with Gasteiger partial charge in [-0.15, -0.1) is 0 Å². The van der Waals surface area contributed by atoms with Crippen LogP contribution in [0.25, 0.3) is 0 Å². The molecule has 0 heterocycles. The van der Waals surface area contributed by atoms with Gasteiger partial charge in [-0.25, -0.2) is 0 Å². The zero-order valence-corrected chi connectivity index (χ0v) is 11.4. The SMILES string of the molecule is CCC(CC)([C]1[CH][CH][CH][CH]1)c1ccccc1OC. The second kappa shape index (κ2) is 5.77. The number of rotatable bonds is 5. The van der Waals surface area contributed by atoms with E-state index in [4.69, 9.17) is 4.74 Å². The van der Waals surface area contributed by atoms with Crippen LogP contribution in [0, 0.1) is 31.6 Å². The van der Waals surface area contributed by atoms with E-state index in [1.165, 1.54) is 11.5 Å². The van der Waals surface area contributed by atoms with E-state index in [2.05, 4.69) is 57.7 Å². The Kier molecular flexibility index (Phi) is 4.31. The molecule has 1 aromatic rings. The molecular formula is C17H21O. The summed E-state index contributed by atoms with van der Waals surface area (Å²) in [5.41, 5.74) is 1.36. The summed E-state index contributed by atoms with van der Waals surface area (Å²) >= 11 is 0.